The Morgan fingerprint density at radius 2 is 1.92 bits per heavy atom. The summed E-state index contributed by atoms with van der Waals surface area (Å²) >= 11 is 0. The van der Waals surface area contributed by atoms with Crippen LogP contribution in [0.15, 0.2) is 24.3 Å². The highest BCUT2D eigenvalue weighted by molar-refractivity contribution is 5.93. The number of carbonyl (C=O) groups is 2. The molecule has 1 aliphatic rings. The minimum Gasteiger partial charge on any atom is -0.355 e. The zero-order valence-corrected chi connectivity index (χ0v) is 15.1. The van der Waals surface area contributed by atoms with E-state index in [0.29, 0.717) is 17.5 Å². The minimum absolute atomic E-state index is 0.0645. The predicted octanol–water partition coefficient (Wildman–Crippen LogP) is 2.03. The maximum Gasteiger partial charge on any atom is 0.251 e. The standard InChI is InChI=1S/C19H29N3O2/c1-13(2)19(24)22-10-9-17(14(3)12-22)21-11-15-5-7-16(8-6-15)18(23)20-4/h5-8,13-14,17,21H,9-12H2,1-4H3,(H,20,23)/t14-,17-/m0/s1. The van der Waals surface area contributed by atoms with Crippen molar-refractivity contribution in [2.45, 2.75) is 39.8 Å². The second kappa shape index (κ2) is 8.29. The number of hydrogen-bond donors (Lipinski definition) is 2. The highest BCUT2D eigenvalue weighted by atomic mass is 16.2. The van der Waals surface area contributed by atoms with E-state index in [0.717, 1.165) is 31.6 Å². The van der Waals surface area contributed by atoms with E-state index >= 15 is 0 Å². The quantitative estimate of drug-likeness (QED) is 0.868. The molecule has 1 aromatic carbocycles. The van der Waals surface area contributed by atoms with Crippen molar-refractivity contribution in [1.82, 2.24) is 15.5 Å². The number of nitrogens with zero attached hydrogens (tertiary/aromatic N) is 1. The van der Waals surface area contributed by atoms with Crippen molar-refractivity contribution < 1.29 is 9.59 Å². The van der Waals surface area contributed by atoms with Crippen LogP contribution in [0, 0.1) is 11.8 Å². The molecule has 1 heterocycles. The molecule has 0 aromatic heterocycles. The number of carbonyl (C=O) groups excluding carboxylic acids is 2. The van der Waals surface area contributed by atoms with Crippen LogP contribution in [-0.4, -0.2) is 42.9 Å². The van der Waals surface area contributed by atoms with Crippen LogP contribution in [0.3, 0.4) is 0 Å². The summed E-state index contributed by atoms with van der Waals surface area (Å²) < 4.78 is 0. The monoisotopic (exact) mass is 331 g/mol. The lowest BCUT2D eigenvalue weighted by molar-refractivity contribution is -0.136. The third-order valence-electron chi connectivity index (χ3n) is 4.72. The van der Waals surface area contributed by atoms with Crippen molar-refractivity contribution in [2.24, 2.45) is 11.8 Å². The van der Waals surface area contributed by atoms with E-state index < -0.39 is 0 Å². The second-order valence-electron chi connectivity index (χ2n) is 6.97. The van der Waals surface area contributed by atoms with Gasteiger partial charge in [0.15, 0.2) is 0 Å². The average molecular weight is 331 g/mol. The smallest absolute Gasteiger partial charge is 0.251 e. The predicted molar refractivity (Wildman–Crippen MR) is 95.7 cm³/mol. The molecule has 5 nitrogen and oxygen atoms in total. The summed E-state index contributed by atoms with van der Waals surface area (Å²) in [7, 11) is 1.63. The molecule has 0 aliphatic carbocycles. The first kappa shape index (κ1) is 18.5. The molecule has 0 bridgehead atoms. The van der Waals surface area contributed by atoms with Gasteiger partial charge in [-0.25, -0.2) is 0 Å². The van der Waals surface area contributed by atoms with E-state index in [1.165, 1.54) is 0 Å². The Morgan fingerprint density at radius 1 is 1.25 bits per heavy atom. The number of piperidine rings is 1. The maximum absolute atomic E-state index is 12.1. The lowest BCUT2D eigenvalue weighted by Gasteiger charge is -2.38. The molecular weight excluding hydrogens is 302 g/mol. The fraction of sp³-hybridized carbons (Fsp3) is 0.579. The third-order valence-corrected chi connectivity index (χ3v) is 4.72. The first-order chi connectivity index (χ1) is 11.4. The number of hydrogen-bond acceptors (Lipinski definition) is 3. The van der Waals surface area contributed by atoms with Crippen molar-refractivity contribution in [3.8, 4) is 0 Å². The van der Waals surface area contributed by atoms with Gasteiger partial charge >= 0.3 is 0 Å². The van der Waals surface area contributed by atoms with Crippen LogP contribution >= 0.6 is 0 Å². The molecule has 0 saturated carbocycles. The van der Waals surface area contributed by atoms with Gasteiger partial charge in [-0.1, -0.05) is 32.9 Å². The molecule has 1 fully saturated rings. The molecule has 0 spiro atoms. The lowest BCUT2D eigenvalue weighted by Crippen LogP contribution is -2.50. The Bertz CT molecular complexity index is 568. The van der Waals surface area contributed by atoms with Crippen molar-refractivity contribution in [1.29, 1.82) is 0 Å². The van der Waals surface area contributed by atoms with E-state index in [9.17, 15) is 9.59 Å². The first-order valence-corrected chi connectivity index (χ1v) is 8.75. The molecule has 2 amide bonds. The number of amides is 2. The summed E-state index contributed by atoms with van der Waals surface area (Å²) in [5.41, 5.74) is 1.84. The van der Waals surface area contributed by atoms with Gasteiger partial charge in [0.2, 0.25) is 5.91 Å². The zero-order valence-electron chi connectivity index (χ0n) is 15.1. The molecule has 132 valence electrons. The number of rotatable bonds is 5. The van der Waals surface area contributed by atoms with Crippen molar-refractivity contribution in [3.05, 3.63) is 35.4 Å². The molecule has 0 radical (unpaired) electrons. The molecule has 2 N–H and O–H groups in total. The van der Waals surface area contributed by atoms with Crippen molar-refractivity contribution >= 4 is 11.8 Å². The fourth-order valence-electron chi connectivity index (χ4n) is 3.18. The molecule has 2 atom stereocenters. The zero-order chi connectivity index (χ0) is 17.7. The third kappa shape index (κ3) is 4.57. The van der Waals surface area contributed by atoms with Crippen LogP contribution < -0.4 is 10.6 Å². The van der Waals surface area contributed by atoms with Gasteiger partial charge in [0.25, 0.3) is 5.91 Å². The van der Waals surface area contributed by atoms with Gasteiger partial charge in [0, 0.05) is 44.2 Å². The van der Waals surface area contributed by atoms with Crippen LogP contribution in [0.2, 0.25) is 0 Å². The van der Waals surface area contributed by atoms with Gasteiger partial charge in [-0.05, 0) is 30.0 Å². The Kier molecular flexibility index (Phi) is 6.37. The van der Waals surface area contributed by atoms with Gasteiger partial charge in [-0.15, -0.1) is 0 Å². The average Bonchev–Trinajstić information content (AvgIpc) is 2.59. The van der Waals surface area contributed by atoms with E-state index in [-0.39, 0.29) is 17.7 Å². The molecule has 2 rings (SSSR count). The van der Waals surface area contributed by atoms with Gasteiger partial charge in [-0.3, -0.25) is 9.59 Å². The number of benzene rings is 1. The molecule has 1 aliphatic heterocycles. The van der Waals surface area contributed by atoms with Crippen LogP contribution in [0.1, 0.15) is 43.1 Å². The summed E-state index contributed by atoms with van der Waals surface area (Å²) in [6.45, 7) is 8.55. The first-order valence-electron chi connectivity index (χ1n) is 8.75. The molecule has 1 aromatic rings. The second-order valence-corrected chi connectivity index (χ2v) is 6.97. The van der Waals surface area contributed by atoms with Crippen molar-refractivity contribution in [3.63, 3.8) is 0 Å². The Labute approximate surface area is 144 Å². The number of nitrogens with one attached hydrogen (secondary N) is 2. The van der Waals surface area contributed by atoms with Gasteiger partial charge in [0.05, 0.1) is 0 Å². The molecular formula is C19H29N3O2. The summed E-state index contributed by atoms with van der Waals surface area (Å²) in [4.78, 5) is 25.7. The van der Waals surface area contributed by atoms with Gasteiger partial charge < -0.3 is 15.5 Å². The lowest BCUT2D eigenvalue weighted by atomic mass is 9.92. The minimum atomic E-state index is -0.0645. The van der Waals surface area contributed by atoms with Crippen molar-refractivity contribution in [2.75, 3.05) is 20.1 Å². The summed E-state index contributed by atoms with van der Waals surface area (Å²) in [6, 6.07) is 8.09. The summed E-state index contributed by atoms with van der Waals surface area (Å²) in [5.74, 6) is 0.697. The van der Waals surface area contributed by atoms with E-state index in [1.807, 2.05) is 43.0 Å². The van der Waals surface area contributed by atoms with Crippen LogP contribution in [0.5, 0.6) is 0 Å². The highest BCUT2D eigenvalue weighted by Crippen LogP contribution is 2.19. The Morgan fingerprint density at radius 3 is 2.46 bits per heavy atom. The van der Waals surface area contributed by atoms with E-state index in [4.69, 9.17) is 0 Å². The van der Waals surface area contributed by atoms with Gasteiger partial charge in [0.1, 0.15) is 0 Å². The summed E-state index contributed by atoms with van der Waals surface area (Å²) in [5, 5.41) is 6.23. The van der Waals surface area contributed by atoms with Gasteiger partial charge in [-0.2, -0.15) is 0 Å². The largest absolute Gasteiger partial charge is 0.355 e. The Hall–Kier alpha value is -1.88. The summed E-state index contributed by atoms with van der Waals surface area (Å²) in [6.07, 6.45) is 0.982. The van der Waals surface area contributed by atoms with E-state index in [2.05, 4.69) is 17.6 Å². The number of likely N-dealkylation sites (tertiary alicyclic amines) is 1. The van der Waals surface area contributed by atoms with E-state index in [1.54, 1.807) is 7.05 Å². The molecule has 1 saturated heterocycles. The van der Waals surface area contributed by atoms with Crippen LogP contribution in [0.4, 0.5) is 0 Å². The SMILES string of the molecule is CNC(=O)c1ccc(CN[C@H]2CCN(C(=O)C(C)C)C[C@@H]2C)cc1. The highest BCUT2D eigenvalue weighted by Gasteiger charge is 2.29. The topological polar surface area (TPSA) is 61.4 Å². The fourth-order valence-corrected chi connectivity index (χ4v) is 3.18. The normalized spacial score (nSPS) is 21.0. The molecule has 24 heavy (non-hydrogen) atoms. The maximum atomic E-state index is 12.1. The van der Waals surface area contributed by atoms with Crippen LogP contribution in [-0.2, 0) is 11.3 Å². The van der Waals surface area contributed by atoms with Crippen LogP contribution in [0.25, 0.3) is 0 Å². The molecule has 0 unspecified atom stereocenters. The Balaban J connectivity index is 1.85. The molecule has 5 heteroatoms.